The molecule has 0 bridgehead atoms. The molecule has 0 aliphatic heterocycles. The molecule has 1 aromatic heterocycles. The smallest absolute Gasteiger partial charge is 0.216 e. The van der Waals surface area contributed by atoms with Crippen molar-refractivity contribution in [2.45, 2.75) is 13.8 Å². The second-order valence-corrected chi connectivity index (χ2v) is 2.53. The molecule has 66 valence electrons. The van der Waals surface area contributed by atoms with Gasteiger partial charge in [-0.2, -0.15) is 4.98 Å². The first-order valence-electron chi connectivity index (χ1n) is 3.87. The first-order valence-corrected chi connectivity index (χ1v) is 3.87. The summed E-state index contributed by atoms with van der Waals surface area (Å²) in [6.45, 7) is 4.74. The summed E-state index contributed by atoms with van der Waals surface area (Å²) in [6, 6.07) is 1.79. The summed E-state index contributed by atoms with van der Waals surface area (Å²) in [5, 5.41) is 0. The quantitative estimate of drug-likeness (QED) is 0.709. The molecule has 0 fully saturated rings. The van der Waals surface area contributed by atoms with E-state index in [2.05, 4.69) is 9.97 Å². The molecule has 0 aliphatic rings. The van der Waals surface area contributed by atoms with Gasteiger partial charge in [-0.15, -0.1) is 0 Å². The lowest BCUT2D eigenvalue weighted by Crippen LogP contribution is -2.11. The zero-order valence-corrected chi connectivity index (χ0v) is 7.37. The van der Waals surface area contributed by atoms with Crippen LogP contribution in [0, 0.1) is 13.8 Å². The van der Waals surface area contributed by atoms with Crippen LogP contribution < -0.4 is 10.5 Å². The Kier molecular flexibility index (Phi) is 2.99. The molecule has 12 heavy (non-hydrogen) atoms. The summed E-state index contributed by atoms with van der Waals surface area (Å²) in [5.74, 6) is 1.33. The third-order valence-corrected chi connectivity index (χ3v) is 1.31. The molecule has 4 heteroatoms. The summed E-state index contributed by atoms with van der Waals surface area (Å²) in [4.78, 5) is 8.20. The largest absolute Gasteiger partial charge is 0.476 e. The number of ether oxygens (including phenoxy) is 1. The molecular weight excluding hydrogens is 154 g/mol. The van der Waals surface area contributed by atoms with Gasteiger partial charge in [0.15, 0.2) is 0 Å². The zero-order valence-electron chi connectivity index (χ0n) is 7.37. The minimum atomic E-state index is 0.496. The van der Waals surface area contributed by atoms with E-state index in [9.17, 15) is 0 Å². The summed E-state index contributed by atoms with van der Waals surface area (Å²) in [7, 11) is 0. The monoisotopic (exact) mass is 167 g/mol. The van der Waals surface area contributed by atoms with Crippen molar-refractivity contribution in [3.63, 3.8) is 0 Å². The average Bonchev–Trinajstić information content (AvgIpc) is 1.99. The molecule has 0 aliphatic carbocycles. The van der Waals surface area contributed by atoms with Crippen molar-refractivity contribution in [1.29, 1.82) is 0 Å². The molecule has 0 saturated carbocycles. The molecule has 1 aromatic rings. The molecule has 0 atom stereocenters. The van der Waals surface area contributed by atoms with Gasteiger partial charge in [0.25, 0.3) is 0 Å². The van der Waals surface area contributed by atoms with E-state index in [4.69, 9.17) is 10.5 Å². The van der Waals surface area contributed by atoms with E-state index < -0.39 is 0 Å². The molecular formula is C8H13N3O. The Morgan fingerprint density at radius 2 is 2.17 bits per heavy atom. The van der Waals surface area contributed by atoms with E-state index in [1.807, 2.05) is 13.8 Å². The summed E-state index contributed by atoms with van der Waals surface area (Å²) >= 11 is 0. The fraction of sp³-hybridized carbons (Fsp3) is 0.500. The van der Waals surface area contributed by atoms with Crippen LogP contribution in [0.25, 0.3) is 0 Å². The van der Waals surface area contributed by atoms with Gasteiger partial charge >= 0.3 is 0 Å². The summed E-state index contributed by atoms with van der Waals surface area (Å²) < 4.78 is 5.24. The highest BCUT2D eigenvalue weighted by Gasteiger charge is 1.97. The minimum Gasteiger partial charge on any atom is -0.476 e. The molecule has 0 saturated heterocycles. The number of aryl methyl sites for hydroxylation is 2. The number of hydrogen-bond acceptors (Lipinski definition) is 4. The number of nitrogens with two attached hydrogens (primary N) is 1. The fourth-order valence-corrected chi connectivity index (χ4v) is 0.920. The lowest BCUT2D eigenvalue weighted by molar-refractivity contribution is 0.314. The number of rotatable bonds is 3. The first kappa shape index (κ1) is 8.93. The van der Waals surface area contributed by atoms with E-state index >= 15 is 0 Å². The van der Waals surface area contributed by atoms with Crippen LogP contribution in [0.5, 0.6) is 5.88 Å². The molecule has 1 rings (SSSR count). The highest BCUT2D eigenvalue weighted by Crippen LogP contribution is 2.07. The summed E-state index contributed by atoms with van der Waals surface area (Å²) in [6.07, 6.45) is 0. The molecule has 0 aromatic carbocycles. The molecule has 0 amide bonds. The molecule has 4 nitrogen and oxygen atoms in total. The number of nitrogens with zero attached hydrogens (tertiary/aromatic N) is 2. The highest BCUT2D eigenvalue weighted by molar-refractivity contribution is 5.14. The van der Waals surface area contributed by atoms with Gasteiger partial charge in [0.1, 0.15) is 12.4 Å². The predicted molar refractivity (Wildman–Crippen MR) is 46.1 cm³/mol. The predicted octanol–water partition coefficient (Wildman–Crippen LogP) is 0.431. The van der Waals surface area contributed by atoms with Gasteiger partial charge in [-0.3, -0.25) is 0 Å². The van der Waals surface area contributed by atoms with Gasteiger partial charge < -0.3 is 10.5 Å². The van der Waals surface area contributed by atoms with Crippen molar-refractivity contribution >= 4 is 0 Å². The topological polar surface area (TPSA) is 61.0 Å². The van der Waals surface area contributed by atoms with E-state index in [0.29, 0.717) is 19.0 Å². The van der Waals surface area contributed by atoms with Crippen LogP contribution in [0.1, 0.15) is 11.5 Å². The van der Waals surface area contributed by atoms with E-state index in [1.165, 1.54) is 0 Å². The zero-order chi connectivity index (χ0) is 8.97. The Morgan fingerprint density at radius 3 is 2.75 bits per heavy atom. The van der Waals surface area contributed by atoms with Crippen LogP contribution >= 0.6 is 0 Å². The van der Waals surface area contributed by atoms with Crippen LogP contribution in [-0.4, -0.2) is 23.1 Å². The first-order chi connectivity index (χ1) is 5.72. The van der Waals surface area contributed by atoms with Crippen molar-refractivity contribution in [3.05, 3.63) is 17.6 Å². The van der Waals surface area contributed by atoms with Gasteiger partial charge in [-0.05, 0) is 13.8 Å². The Morgan fingerprint density at radius 1 is 1.42 bits per heavy atom. The molecule has 0 unspecified atom stereocenters. The number of aromatic nitrogens is 2. The average molecular weight is 167 g/mol. The normalized spacial score (nSPS) is 9.92. The van der Waals surface area contributed by atoms with E-state index in [0.717, 1.165) is 11.5 Å². The Labute approximate surface area is 71.8 Å². The molecule has 0 spiro atoms. The van der Waals surface area contributed by atoms with Crippen LogP contribution in [0.4, 0.5) is 0 Å². The van der Waals surface area contributed by atoms with Crippen LogP contribution in [0.15, 0.2) is 6.07 Å². The summed E-state index contributed by atoms with van der Waals surface area (Å²) in [5.41, 5.74) is 6.20. The van der Waals surface area contributed by atoms with E-state index in [-0.39, 0.29) is 0 Å². The third-order valence-electron chi connectivity index (χ3n) is 1.31. The van der Waals surface area contributed by atoms with Crippen LogP contribution in [-0.2, 0) is 0 Å². The third kappa shape index (κ3) is 2.47. The van der Waals surface area contributed by atoms with Gasteiger partial charge in [-0.25, -0.2) is 4.98 Å². The standard InChI is InChI=1S/C8H13N3O/c1-6-5-8(12-4-3-9)11-7(2)10-6/h5H,3-4,9H2,1-2H3. The van der Waals surface area contributed by atoms with Crippen LogP contribution in [0.2, 0.25) is 0 Å². The van der Waals surface area contributed by atoms with E-state index in [1.54, 1.807) is 6.07 Å². The van der Waals surface area contributed by atoms with Crippen molar-refractivity contribution < 1.29 is 4.74 Å². The lowest BCUT2D eigenvalue weighted by atomic mass is 10.4. The maximum Gasteiger partial charge on any atom is 0.216 e. The molecule has 2 N–H and O–H groups in total. The fourth-order valence-electron chi connectivity index (χ4n) is 0.920. The van der Waals surface area contributed by atoms with Crippen LogP contribution in [0.3, 0.4) is 0 Å². The highest BCUT2D eigenvalue weighted by atomic mass is 16.5. The van der Waals surface area contributed by atoms with Gasteiger partial charge in [0.2, 0.25) is 5.88 Å². The maximum absolute atomic E-state index is 5.28. The Bertz CT molecular complexity index is 242. The van der Waals surface area contributed by atoms with Gasteiger partial charge in [0.05, 0.1) is 0 Å². The SMILES string of the molecule is Cc1cc(OCCN)nc(C)n1. The maximum atomic E-state index is 5.28. The Balaban J connectivity index is 2.72. The number of hydrogen-bond donors (Lipinski definition) is 1. The molecule has 0 radical (unpaired) electrons. The van der Waals surface area contributed by atoms with Crippen molar-refractivity contribution in [3.8, 4) is 5.88 Å². The van der Waals surface area contributed by atoms with Gasteiger partial charge in [0, 0.05) is 18.3 Å². The van der Waals surface area contributed by atoms with Gasteiger partial charge in [-0.1, -0.05) is 0 Å². The van der Waals surface area contributed by atoms with Crippen molar-refractivity contribution in [1.82, 2.24) is 9.97 Å². The Hall–Kier alpha value is -1.16. The second kappa shape index (κ2) is 4.01. The lowest BCUT2D eigenvalue weighted by Gasteiger charge is -2.04. The minimum absolute atomic E-state index is 0.496. The second-order valence-electron chi connectivity index (χ2n) is 2.53. The molecule has 1 heterocycles. The van der Waals surface area contributed by atoms with Crippen molar-refractivity contribution in [2.75, 3.05) is 13.2 Å². The van der Waals surface area contributed by atoms with Crippen molar-refractivity contribution in [2.24, 2.45) is 5.73 Å².